The van der Waals surface area contributed by atoms with Gasteiger partial charge in [-0.1, -0.05) is 29.5 Å². The highest BCUT2D eigenvalue weighted by molar-refractivity contribution is 5.97. The van der Waals surface area contributed by atoms with Crippen LogP contribution in [0, 0.1) is 19.7 Å². The number of hydrogen-bond acceptors (Lipinski definition) is 3. The first-order chi connectivity index (χ1) is 13.0. The van der Waals surface area contributed by atoms with Crippen molar-refractivity contribution in [2.45, 2.75) is 26.9 Å². The Morgan fingerprint density at radius 2 is 1.81 bits per heavy atom. The Balaban J connectivity index is 1.60. The van der Waals surface area contributed by atoms with Crippen LogP contribution in [0.4, 0.5) is 4.39 Å². The molecule has 0 N–H and O–H groups in total. The Morgan fingerprint density at radius 3 is 2.59 bits per heavy atom. The minimum absolute atomic E-state index is 0.0101. The Kier molecular flexibility index (Phi) is 4.32. The van der Waals surface area contributed by atoms with E-state index in [4.69, 9.17) is 0 Å². The summed E-state index contributed by atoms with van der Waals surface area (Å²) in [5.41, 5.74) is 5.15. The van der Waals surface area contributed by atoms with Crippen molar-refractivity contribution in [1.29, 1.82) is 0 Å². The van der Waals surface area contributed by atoms with Gasteiger partial charge in [-0.2, -0.15) is 0 Å². The molecule has 5 nitrogen and oxygen atoms in total. The minimum atomic E-state index is -0.254. The molecule has 2 aromatic carbocycles. The molecule has 2 aromatic heterocycles. The van der Waals surface area contributed by atoms with E-state index in [-0.39, 0.29) is 18.1 Å². The molecular weight excluding hydrogens is 343 g/mol. The third-order valence-corrected chi connectivity index (χ3v) is 4.84. The maximum absolute atomic E-state index is 13.1. The number of carbonyl (C=O) groups is 1. The van der Waals surface area contributed by atoms with Gasteiger partial charge < -0.3 is 4.57 Å². The Bertz CT molecular complexity index is 1130. The van der Waals surface area contributed by atoms with E-state index >= 15 is 0 Å². The zero-order valence-corrected chi connectivity index (χ0v) is 15.2. The van der Waals surface area contributed by atoms with Gasteiger partial charge in [0.05, 0.1) is 5.52 Å². The van der Waals surface area contributed by atoms with Crippen LogP contribution in [0.2, 0.25) is 0 Å². The average molecular weight is 362 g/mol. The van der Waals surface area contributed by atoms with Gasteiger partial charge in [-0.25, -0.2) is 9.07 Å². The maximum Gasteiger partial charge on any atom is 0.186 e. The highest BCUT2D eigenvalue weighted by Gasteiger charge is 2.17. The van der Waals surface area contributed by atoms with Crippen LogP contribution in [0.25, 0.3) is 11.0 Å². The number of carbonyl (C=O) groups excluding carboxylic acids is 1. The molecule has 0 saturated heterocycles. The van der Waals surface area contributed by atoms with Crippen molar-refractivity contribution < 1.29 is 9.18 Å². The molecule has 0 amide bonds. The summed E-state index contributed by atoms with van der Waals surface area (Å²) in [7, 11) is 0. The summed E-state index contributed by atoms with van der Waals surface area (Å²) in [5.74, 6) is -0.264. The molecule has 0 radical (unpaired) electrons. The van der Waals surface area contributed by atoms with Crippen molar-refractivity contribution in [3.63, 3.8) is 0 Å². The predicted octanol–water partition coefficient (Wildman–Crippen LogP) is 3.92. The van der Waals surface area contributed by atoms with Crippen LogP contribution >= 0.6 is 0 Å². The van der Waals surface area contributed by atoms with E-state index in [2.05, 4.69) is 14.9 Å². The third-order valence-electron chi connectivity index (χ3n) is 4.84. The summed E-state index contributed by atoms with van der Waals surface area (Å²) in [4.78, 5) is 12.9. The first-order valence-electron chi connectivity index (χ1n) is 8.75. The van der Waals surface area contributed by atoms with E-state index in [9.17, 15) is 9.18 Å². The van der Waals surface area contributed by atoms with Crippen LogP contribution < -0.4 is 0 Å². The van der Waals surface area contributed by atoms with Crippen LogP contribution in [0.15, 0.2) is 54.6 Å². The predicted molar refractivity (Wildman–Crippen MR) is 101 cm³/mol. The van der Waals surface area contributed by atoms with Crippen molar-refractivity contribution >= 4 is 16.8 Å². The smallest absolute Gasteiger partial charge is 0.186 e. The topological polar surface area (TPSA) is 52.7 Å². The SMILES string of the molecule is Cc1cc(C(=O)Cn2nnc3ccccc32)c(C)n1Cc1ccc(F)cc1. The molecule has 0 aliphatic heterocycles. The number of fused-ring (bicyclic) bond motifs is 1. The lowest BCUT2D eigenvalue weighted by atomic mass is 10.1. The molecule has 4 aromatic rings. The van der Waals surface area contributed by atoms with Crippen molar-refractivity contribution in [3.05, 3.63) is 82.9 Å². The normalized spacial score (nSPS) is 11.2. The molecule has 0 fully saturated rings. The molecule has 4 rings (SSSR count). The Morgan fingerprint density at radius 1 is 1.07 bits per heavy atom. The molecule has 2 heterocycles. The summed E-state index contributed by atoms with van der Waals surface area (Å²) in [6, 6.07) is 15.9. The van der Waals surface area contributed by atoms with E-state index in [1.807, 2.05) is 44.2 Å². The number of ketones is 1. The standard InChI is InChI=1S/C21H19FN4O/c1-14-11-18(15(2)25(14)12-16-7-9-17(22)10-8-16)21(27)13-26-20-6-4-3-5-19(20)23-24-26/h3-11H,12-13H2,1-2H3. The molecule has 136 valence electrons. The number of para-hydroxylation sites is 1. The number of aromatic nitrogens is 4. The van der Waals surface area contributed by atoms with Crippen molar-refractivity contribution in [3.8, 4) is 0 Å². The zero-order chi connectivity index (χ0) is 19.0. The van der Waals surface area contributed by atoms with E-state index in [0.717, 1.165) is 28.0 Å². The maximum atomic E-state index is 13.1. The van der Waals surface area contributed by atoms with E-state index in [1.165, 1.54) is 12.1 Å². The zero-order valence-electron chi connectivity index (χ0n) is 15.2. The van der Waals surface area contributed by atoms with Crippen molar-refractivity contribution in [2.75, 3.05) is 0 Å². The highest BCUT2D eigenvalue weighted by atomic mass is 19.1. The fraction of sp³-hybridized carbons (Fsp3) is 0.190. The number of benzene rings is 2. The molecular formula is C21H19FN4O. The second-order valence-corrected chi connectivity index (χ2v) is 6.66. The largest absolute Gasteiger partial charge is 0.344 e. The first kappa shape index (κ1) is 17.1. The van der Waals surface area contributed by atoms with E-state index < -0.39 is 0 Å². The quantitative estimate of drug-likeness (QED) is 0.506. The Hall–Kier alpha value is -3.28. The second-order valence-electron chi connectivity index (χ2n) is 6.66. The summed E-state index contributed by atoms with van der Waals surface area (Å²) in [5, 5.41) is 8.20. The number of Topliss-reactive ketones (excluding diaryl/α,β-unsaturated/α-hetero) is 1. The van der Waals surface area contributed by atoms with Gasteiger partial charge in [-0.15, -0.1) is 5.10 Å². The van der Waals surface area contributed by atoms with Crippen LogP contribution in [0.5, 0.6) is 0 Å². The van der Waals surface area contributed by atoms with Gasteiger partial charge in [0.15, 0.2) is 5.78 Å². The van der Waals surface area contributed by atoms with Crippen molar-refractivity contribution in [2.24, 2.45) is 0 Å². The molecule has 6 heteroatoms. The number of nitrogens with zero attached hydrogens (tertiary/aromatic N) is 4. The molecule has 0 aliphatic rings. The lowest BCUT2D eigenvalue weighted by Crippen LogP contribution is -2.13. The summed E-state index contributed by atoms with van der Waals surface area (Å²) in [6.45, 7) is 4.64. The van der Waals surface area contributed by atoms with Gasteiger partial charge in [-0.3, -0.25) is 4.79 Å². The lowest BCUT2D eigenvalue weighted by Gasteiger charge is -2.10. The first-order valence-corrected chi connectivity index (χ1v) is 8.75. The fourth-order valence-electron chi connectivity index (χ4n) is 3.35. The van der Waals surface area contributed by atoms with Crippen molar-refractivity contribution in [1.82, 2.24) is 19.6 Å². The fourth-order valence-corrected chi connectivity index (χ4v) is 3.35. The summed E-state index contributed by atoms with van der Waals surface area (Å²) in [6.07, 6.45) is 0. The lowest BCUT2D eigenvalue weighted by molar-refractivity contribution is 0.0968. The van der Waals surface area contributed by atoms with Crippen LogP contribution in [0.3, 0.4) is 0 Å². The van der Waals surface area contributed by atoms with Gasteiger partial charge >= 0.3 is 0 Å². The van der Waals surface area contributed by atoms with Gasteiger partial charge in [0.25, 0.3) is 0 Å². The molecule has 0 unspecified atom stereocenters. The van der Waals surface area contributed by atoms with E-state index in [0.29, 0.717) is 12.1 Å². The monoisotopic (exact) mass is 362 g/mol. The molecule has 0 aliphatic carbocycles. The molecule has 0 saturated carbocycles. The van der Waals surface area contributed by atoms with E-state index in [1.54, 1.807) is 16.8 Å². The highest BCUT2D eigenvalue weighted by Crippen LogP contribution is 2.19. The summed E-state index contributed by atoms with van der Waals surface area (Å²) < 4.78 is 16.8. The molecule has 0 atom stereocenters. The molecule has 27 heavy (non-hydrogen) atoms. The number of rotatable bonds is 5. The van der Waals surface area contributed by atoms with Gasteiger partial charge in [0.1, 0.15) is 17.9 Å². The molecule has 0 spiro atoms. The minimum Gasteiger partial charge on any atom is -0.344 e. The second kappa shape index (κ2) is 6.79. The van der Waals surface area contributed by atoms with Crippen LogP contribution in [-0.2, 0) is 13.1 Å². The molecule has 0 bridgehead atoms. The number of aryl methyl sites for hydroxylation is 1. The van der Waals surface area contributed by atoms with Gasteiger partial charge in [0, 0.05) is 23.5 Å². The summed E-state index contributed by atoms with van der Waals surface area (Å²) >= 11 is 0. The van der Waals surface area contributed by atoms with Crippen LogP contribution in [0.1, 0.15) is 27.3 Å². The van der Waals surface area contributed by atoms with Gasteiger partial charge in [-0.05, 0) is 49.7 Å². The average Bonchev–Trinajstić information content (AvgIpc) is 3.19. The Labute approximate surface area is 156 Å². The number of halogens is 1. The van der Waals surface area contributed by atoms with Crippen LogP contribution in [-0.4, -0.2) is 25.3 Å². The number of hydrogen-bond donors (Lipinski definition) is 0. The van der Waals surface area contributed by atoms with Gasteiger partial charge in [0.2, 0.25) is 0 Å². The third kappa shape index (κ3) is 3.26.